The van der Waals surface area contributed by atoms with Crippen molar-refractivity contribution in [2.24, 2.45) is 5.92 Å². The zero-order valence-corrected chi connectivity index (χ0v) is 16.0. The Morgan fingerprint density at radius 2 is 1.86 bits per heavy atom. The Labute approximate surface area is 163 Å². The molecule has 0 radical (unpaired) electrons. The molecule has 1 aliphatic heterocycles. The van der Waals surface area contributed by atoms with Gasteiger partial charge in [-0.25, -0.2) is 0 Å². The van der Waals surface area contributed by atoms with E-state index in [0.29, 0.717) is 11.3 Å². The lowest BCUT2D eigenvalue weighted by Gasteiger charge is -2.27. The third-order valence-electron chi connectivity index (χ3n) is 4.65. The largest absolute Gasteiger partial charge is 0.506 e. The number of benzene rings is 2. The zero-order chi connectivity index (χ0) is 20.4. The number of hydrogen-bond donors (Lipinski definition) is 2. The van der Waals surface area contributed by atoms with Gasteiger partial charge in [0, 0.05) is 6.42 Å². The highest BCUT2D eigenvalue weighted by Crippen LogP contribution is 2.44. The second-order valence-corrected chi connectivity index (χ2v) is 7.13. The van der Waals surface area contributed by atoms with Crippen molar-refractivity contribution in [3.8, 4) is 11.5 Å². The highest BCUT2D eigenvalue weighted by atomic mass is 16.5. The van der Waals surface area contributed by atoms with Crippen molar-refractivity contribution in [3.05, 3.63) is 65.4 Å². The average Bonchev–Trinajstić information content (AvgIpc) is 2.93. The van der Waals surface area contributed by atoms with Crippen LogP contribution in [0, 0.1) is 5.92 Å². The number of nitrogens with zero attached hydrogens (tertiary/aromatic N) is 1. The summed E-state index contributed by atoms with van der Waals surface area (Å²) >= 11 is 0. The number of aliphatic hydroxyl groups excluding tert-OH is 1. The highest BCUT2D eigenvalue weighted by molar-refractivity contribution is 6.17. The van der Waals surface area contributed by atoms with E-state index in [2.05, 4.69) is 0 Å². The Morgan fingerprint density at radius 1 is 1.14 bits per heavy atom. The van der Waals surface area contributed by atoms with Crippen LogP contribution in [0.3, 0.4) is 0 Å². The van der Waals surface area contributed by atoms with Crippen LogP contribution < -0.4 is 9.64 Å². The van der Waals surface area contributed by atoms with E-state index in [9.17, 15) is 19.8 Å². The molecule has 2 N–H and O–H groups in total. The number of ketones is 1. The standard InChI is InChI=1S/C22H23NO5/c1-13(2)11-18(25)19-20(14-7-6-8-15(12-14)28-3)23(22(27)21(19)26)16-9-4-5-10-17(16)24/h4-10,12-13,20,24,26H,11H2,1-3H3. The van der Waals surface area contributed by atoms with Gasteiger partial charge in [-0.05, 0) is 35.7 Å². The minimum atomic E-state index is -0.859. The van der Waals surface area contributed by atoms with Gasteiger partial charge in [0.2, 0.25) is 0 Å². The summed E-state index contributed by atoms with van der Waals surface area (Å²) in [6, 6.07) is 12.5. The number of anilines is 1. The molecule has 0 saturated carbocycles. The van der Waals surface area contributed by atoms with Gasteiger partial charge in [0.25, 0.3) is 5.91 Å². The van der Waals surface area contributed by atoms with Gasteiger partial charge >= 0.3 is 0 Å². The van der Waals surface area contributed by atoms with Gasteiger partial charge in [-0.2, -0.15) is 0 Å². The fraction of sp³-hybridized carbons (Fsp3) is 0.273. The van der Waals surface area contributed by atoms with E-state index in [0.717, 1.165) is 0 Å². The van der Waals surface area contributed by atoms with E-state index >= 15 is 0 Å². The van der Waals surface area contributed by atoms with Crippen molar-refractivity contribution >= 4 is 17.4 Å². The van der Waals surface area contributed by atoms with Gasteiger partial charge in [0.1, 0.15) is 11.5 Å². The molecule has 0 saturated heterocycles. The minimum Gasteiger partial charge on any atom is -0.506 e. The van der Waals surface area contributed by atoms with Crippen molar-refractivity contribution in [2.45, 2.75) is 26.3 Å². The van der Waals surface area contributed by atoms with Crippen LogP contribution in [0.5, 0.6) is 11.5 Å². The number of aliphatic hydroxyl groups is 1. The summed E-state index contributed by atoms with van der Waals surface area (Å²) in [5.41, 5.74) is 0.863. The van der Waals surface area contributed by atoms with Crippen molar-refractivity contribution in [3.63, 3.8) is 0 Å². The molecule has 0 fully saturated rings. The normalized spacial score (nSPS) is 16.8. The number of phenols is 1. The first-order valence-corrected chi connectivity index (χ1v) is 9.07. The molecule has 146 valence electrons. The summed E-state index contributed by atoms with van der Waals surface area (Å²) in [5.74, 6) is -1.10. The quantitative estimate of drug-likeness (QED) is 0.792. The number of carbonyl (C=O) groups excluding carboxylic acids is 2. The van der Waals surface area contributed by atoms with Crippen molar-refractivity contribution in [1.82, 2.24) is 0 Å². The van der Waals surface area contributed by atoms with E-state index < -0.39 is 17.7 Å². The molecule has 1 heterocycles. The van der Waals surface area contributed by atoms with E-state index in [1.54, 1.807) is 42.5 Å². The van der Waals surface area contributed by atoms with E-state index in [4.69, 9.17) is 4.74 Å². The molecule has 3 rings (SSSR count). The van der Waals surface area contributed by atoms with Crippen LogP contribution in [-0.4, -0.2) is 29.0 Å². The smallest absolute Gasteiger partial charge is 0.294 e. The van der Waals surface area contributed by atoms with E-state index in [1.165, 1.54) is 18.1 Å². The Balaban J connectivity index is 2.19. The molecule has 28 heavy (non-hydrogen) atoms. The van der Waals surface area contributed by atoms with E-state index in [1.807, 2.05) is 13.8 Å². The first-order chi connectivity index (χ1) is 13.3. The lowest BCUT2D eigenvalue weighted by Crippen LogP contribution is -2.31. The molecular formula is C22H23NO5. The fourth-order valence-electron chi connectivity index (χ4n) is 3.41. The molecule has 1 unspecified atom stereocenters. The van der Waals surface area contributed by atoms with Crippen LogP contribution in [0.25, 0.3) is 0 Å². The van der Waals surface area contributed by atoms with Crippen LogP contribution in [0.1, 0.15) is 31.9 Å². The maximum atomic E-state index is 12.9. The minimum absolute atomic E-state index is 0.0372. The number of Topliss-reactive ketones (excluding diaryl/α,β-unsaturated/α-hetero) is 1. The molecule has 0 spiro atoms. The highest BCUT2D eigenvalue weighted by Gasteiger charge is 2.45. The molecule has 0 aliphatic carbocycles. The summed E-state index contributed by atoms with van der Waals surface area (Å²) in [6.45, 7) is 3.79. The zero-order valence-electron chi connectivity index (χ0n) is 16.0. The summed E-state index contributed by atoms with van der Waals surface area (Å²) in [7, 11) is 1.53. The van der Waals surface area contributed by atoms with Crippen LogP contribution in [0.15, 0.2) is 59.9 Å². The van der Waals surface area contributed by atoms with Gasteiger partial charge in [-0.1, -0.05) is 38.1 Å². The van der Waals surface area contributed by atoms with Gasteiger partial charge in [-0.15, -0.1) is 0 Å². The number of aromatic hydroxyl groups is 1. The number of ether oxygens (including phenoxy) is 1. The van der Waals surface area contributed by atoms with E-state index in [-0.39, 0.29) is 35.1 Å². The molecule has 6 nitrogen and oxygen atoms in total. The topological polar surface area (TPSA) is 87.1 Å². The maximum absolute atomic E-state index is 12.9. The first kappa shape index (κ1) is 19.5. The molecular weight excluding hydrogens is 358 g/mol. The third kappa shape index (κ3) is 3.45. The predicted molar refractivity (Wildman–Crippen MR) is 105 cm³/mol. The monoisotopic (exact) mass is 381 g/mol. The van der Waals surface area contributed by atoms with Gasteiger partial charge in [-0.3, -0.25) is 14.5 Å². The summed E-state index contributed by atoms with van der Waals surface area (Å²) in [6.07, 6.45) is 0.196. The lowest BCUT2D eigenvalue weighted by atomic mass is 9.92. The number of hydrogen-bond acceptors (Lipinski definition) is 5. The second-order valence-electron chi connectivity index (χ2n) is 7.13. The average molecular weight is 381 g/mol. The first-order valence-electron chi connectivity index (χ1n) is 9.07. The van der Waals surface area contributed by atoms with Crippen LogP contribution in [-0.2, 0) is 9.59 Å². The maximum Gasteiger partial charge on any atom is 0.294 e. The van der Waals surface area contributed by atoms with Crippen molar-refractivity contribution in [1.29, 1.82) is 0 Å². The van der Waals surface area contributed by atoms with Crippen LogP contribution in [0.2, 0.25) is 0 Å². The Kier molecular flexibility index (Phi) is 5.40. The predicted octanol–water partition coefficient (Wildman–Crippen LogP) is 3.92. The molecule has 1 amide bonds. The number of para-hydroxylation sites is 2. The number of amides is 1. The van der Waals surface area contributed by atoms with Crippen LogP contribution >= 0.6 is 0 Å². The molecule has 2 aromatic rings. The van der Waals surface area contributed by atoms with Gasteiger partial charge in [0.05, 0.1) is 24.4 Å². The Hall–Kier alpha value is -3.28. The van der Waals surface area contributed by atoms with Crippen LogP contribution in [0.4, 0.5) is 5.69 Å². The number of rotatable bonds is 6. The molecule has 1 atom stereocenters. The molecule has 0 aromatic heterocycles. The SMILES string of the molecule is COc1cccc(C2C(C(=O)CC(C)C)=C(O)C(=O)N2c2ccccc2O)c1. The summed E-state index contributed by atoms with van der Waals surface area (Å²) < 4.78 is 5.28. The second kappa shape index (κ2) is 7.76. The third-order valence-corrected chi connectivity index (χ3v) is 4.65. The molecule has 1 aliphatic rings. The fourth-order valence-corrected chi connectivity index (χ4v) is 3.41. The number of phenolic OH excluding ortho intramolecular Hbond substituents is 1. The van der Waals surface area contributed by atoms with Crippen molar-refractivity contribution < 1.29 is 24.5 Å². The Morgan fingerprint density at radius 3 is 2.50 bits per heavy atom. The summed E-state index contributed by atoms with van der Waals surface area (Å²) in [4.78, 5) is 27.1. The summed E-state index contributed by atoms with van der Waals surface area (Å²) in [5, 5.41) is 20.9. The number of methoxy groups -OCH3 is 1. The van der Waals surface area contributed by atoms with Gasteiger partial charge < -0.3 is 14.9 Å². The van der Waals surface area contributed by atoms with Crippen molar-refractivity contribution in [2.75, 3.05) is 12.0 Å². The lowest BCUT2D eigenvalue weighted by molar-refractivity contribution is -0.118. The Bertz CT molecular complexity index is 947. The van der Waals surface area contributed by atoms with Gasteiger partial charge in [0.15, 0.2) is 11.5 Å². The molecule has 2 aromatic carbocycles. The molecule has 0 bridgehead atoms. The number of carbonyl (C=O) groups is 2. The molecule has 6 heteroatoms.